The van der Waals surface area contributed by atoms with Crippen molar-refractivity contribution in [2.24, 2.45) is 0 Å². The first-order valence-corrected chi connectivity index (χ1v) is 29.5. The first-order chi connectivity index (χ1) is 31.6. The van der Waals surface area contributed by atoms with Crippen molar-refractivity contribution in [1.29, 1.82) is 0 Å². The number of nitrogens with one attached hydrogen (secondary N) is 1. The van der Waals surface area contributed by atoms with Gasteiger partial charge in [0.15, 0.2) is 0 Å². The molecule has 0 aliphatic heterocycles. The zero-order chi connectivity index (χ0) is 46.5. The van der Waals surface area contributed by atoms with Gasteiger partial charge in [0, 0.05) is 6.42 Å². The summed E-state index contributed by atoms with van der Waals surface area (Å²) in [6.45, 7) is 4.22. The van der Waals surface area contributed by atoms with E-state index >= 15 is 0 Å². The third-order valence-electron chi connectivity index (χ3n) is 14.1. The molecule has 3 atom stereocenters. The highest BCUT2D eigenvalue weighted by Crippen LogP contribution is 2.18. The Balaban J connectivity index is 3.46. The van der Waals surface area contributed by atoms with E-state index in [1.54, 1.807) is 0 Å². The van der Waals surface area contributed by atoms with Gasteiger partial charge in [-0.1, -0.05) is 302 Å². The molecular weight excluding hydrogens is 787 g/mol. The normalized spacial score (nSPS) is 13.3. The maximum atomic E-state index is 12.5. The molecule has 0 saturated carbocycles. The minimum atomic E-state index is -1.13. The largest absolute Gasteiger partial charge is 0.394 e. The van der Waals surface area contributed by atoms with Crippen molar-refractivity contribution in [2.75, 3.05) is 6.61 Å². The number of amides is 1. The van der Waals surface area contributed by atoms with Gasteiger partial charge in [-0.3, -0.25) is 4.79 Å². The summed E-state index contributed by atoms with van der Waals surface area (Å²) in [6.07, 6.45) is 68.1. The second-order valence-corrected chi connectivity index (χ2v) is 20.6. The summed E-state index contributed by atoms with van der Waals surface area (Å²) >= 11 is 0. The van der Waals surface area contributed by atoms with E-state index < -0.39 is 18.2 Å². The fourth-order valence-corrected chi connectivity index (χ4v) is 9.57. The fraction of sp³-hybridized carbons (Fsp3) is 0.949. The molecule has 0 bridgehead atoms. The van der Waals surface area contributed by atoms with Crippen molar-refractivity contribution in [3.63, 3.8) is 0 Å². The molecule has 3 unspecified atom stereocenters. The van der Waals surface area contributed by atoms with Crippen LogP contribution in [0.1, 0.15) is 335 Å². The number of aliphatic hydroxyl groups is 3. The summed E-state index contributed by atoms with van der Waals surface area (Å²) < 4.78 is 0. The Hall–Kier alpha value is -0.910. The highest BCUT2D eigenvalue weighted by atomic mass is 16.3. The summed E-state index contributed by atoms with van der Waals surface area (Å²) in [7, 11) is 0. The monoisotopic (exact) mass is 904 g/mol. The molecule has 0 aromatic rings. The lowest BCUT2D eigenvalue weighted by Crippen LogP contribution is -2.50. The highest BCUT2D eigenvalue weighted by Gasteiger charge is 2.26. The van der Waals surface area contributed by atoms with Gasteiger partial charge in [0.05, 0.1) is 18.8 Å². The summed E-state index contributed by atoms with van der Waals surface area (Å²) in [6, 6.07) is -0.806. The molecule has 64 heavy (non-hydrogen) atoms. The Bertz CT molecular complexity index is 909. The molecule has 0 spiro atoms. The topological polar surface area (TPSA) is 89.8 Å². The molecule has 0 aliphatic rings. The lowest BCUT2D eigenvalue weighted by atomic mass is 9.99. The predicted octanol–water partition coefficient (Wildman–Crippen LogP) is 18.3. The van der Waals surface area contributed by atoms with E-state index in [9.17, 15) is 20.1 Å². The average Bonchev–Trinajstić information content (AvgIpc) is 3.30. The Kier molecular flexibility index (Phi) is 53.9. The van der Waals surface area contributed by atoms with Crippen molar-refractivity contribution in [2.45, 2.75) is 353 Å². The smallest absolute Gasteiger partial charge is 0.220 e. The van der Waals surface area contributed by atoms with E-state index in [0.717, 1.165) is 32.1 Å². The van der Waals surface area contributed by atoms with Crippen molar-refractivity contribution in [3.8, 4) is 0 Å². The maximum absolute atomic E-state index is 12.5. The number of carbonyl (C=O) groups excluding carboxylic acids is 1. The van der Waals surface area contributed by atoms with Gasteiger partial charge in [-0.05, 0) is 38.5 Å². The second kappa shape index (κ2) is 54.7. The number of unbranched alkanes of at least 4 members (excludes halogenated alkanes) is 45. The molecule has 382 valence electrons. The number of allylic oxidation sites excluding steroid dienone is 2. The van der Waals surface area contributed by atoms with Crippen LogP contribution in [-0.4, -0.2) is 46.1 Å². The van der Waals surface area contributed by atoms with Crippen molar-refractivity contribution in [1.82, 2.24) is 5.32 Å². The van der Waals surface area contributed by atoms with Crippen LogP contribution < -0.4 is 5.32 Å². The van der Waals surface area contributed by atoms with Gasteiger partial charge in [0.2, 0.25) is 5.91 Å². The third kappa shape index (κ3) is 49.0. The molecular formula is C59H117NO4. The third-order valence-corrected chi connectivity index (χ3v) is 14.1. The molecule has 4 N–H and O–H groups in total. The first kappa shape index (κ1) is 63.1. The van der Waals surface area contributed by atoms with Crippen LogP contribution in [0.2, 0.25) is 0 Å². The van der Waals surface area contributed by atoms with Gasteiger partial charge in [-0.25, -0.2) is 0 Å². The highest BCUT2D eigenvalue weighted by molar-refractivity contribution is 5.76. The van der Waals surface area contributed by atoms with Crippen LogP contribution in [0, 0.1) is 0 Å². The number of hydrogen-bond donors (Lipinski definition) is 4. The molecule has 0 fully saturated rings. The standard InChI is InChI=1S/C59H117NO4/c1-3-5-7-9-11-13-15-17-19-21-22-23-24-25-26-27-28-29-30-31-32-33-34-35-36-38-40-42-44-46-48-50-52-54-58(63)60-56(55-61)59(64)57(62)53-51-49-47-45-43-41-39-37-20-18-16-14-12-10-8-6-4-2/h25-26,56-57,59,61-62,64H,3-24,27-55H2,1-2H3,(H,60,63)/b26-25-. The van der Waals surface area contributed by atoms with Gasteiger partial charge >= 0.3 is 0 Å². The SMILES string of the molecule is CCCCCCCCCCCCCC/C=C\CCCCCCCCCCCCCCCCCCCC(=O)NC(CO)C(O)C(O)CCCCCCCCCCCCCCCCCCC. The fourth-order valence-electron chi connectivity index (χ4n) is 9.57. The molecule has 0 aromatic carbocycles. The maximum Gasteiger partial charge on any atom is 0.220 e. The lowest BCUT2D eigenvalue weighted by molar-refractivity contribution is -0.124. The average molecular weight is 905 g/mol. The Morgan fingerprint density at radius 1 is 0.375 bits per heavy atom. The van der Waals surface area contributed by atoms with Crippen LogP contribution in [0.5, 0.6) is 0 Å². The van der Waals surface area contributed by atoms with Gasteiger partial charge in [0.1, 0.15) is 6.10 Å². The van der Waals surface area contributed by atoms with Crippen LogP contribution in [-0.2, 0) is 4.79 Å². The van der Waals surface area contributed by atoms with Crippen LogP contribution in [0.25, 0.3) is 0 Å². The minimum Gasteiger partial charge on any atom is -0.394 e. The molecule has 0 heterocycles. The van der Waals surface area contributed by atoms with Gasteiger partial charge in [0.25, 0.3) is 0 Å². The van der Waals surface area contributed by atoms with Crippen molar-refractivity contribution < 1.29 is 20.1 Å². The number of rotatable bonds is 55. The molecule has 0 aromatic heterocycles. The van der Waals surface area contributed by atoms with Crippen LogP contribution >= 0.6 is 0 Å². The Labute approximate surface area is 401 Å². The second-order valence-electron chi connectivity index (χ2n) is 20.6. The number of aliphatic hydroxyl groups excluding tert-OH is 3. The van der Waals surface area contributed by atoms with Crippen molar-refractivity contribution >= 4 is 5.91 Å². The van der Waals surface area contributed by atoms with Crippen LogP contribution in [0.3, 0.4) is 0 Å². The molecule has 0 radical (unpaired) electrons. The molecule has 5 nitrogen and oxygen atoms in total. The van der Waals surface area contributed by atoms with Gasteiger partial charge < -0.3 is 20.6 Å². The van der Waals surface area contributed by atoms with E-state index in [-0.39, 0.29) is 12.5 Å². The van der Waals surface area contributed by atoms with E-state index in [2.05, 4.69) is 31.3 Å². The number of hydrogen-bond acceptors (Lipinski definition) is 4. The van der Waals surface area contributed by atoms with E-state index in [1.165, 1.54) is 276 Å². The van der Waals surface area contributed by atoms with Gasteiger partial charge in [-0.2, -0.15) is 0 Å². The van der Waals surface area contributed by atoms with E-state index in [0.29, 0.717) is 12.8 Å². The Morgan fingerprint density at radius 3 is 0.906 bits per heavy atom. The Morgan fingerprint density at radius 2 is 0.625 bits per heavy atom. The first-order valence-electron chi connectivity index (χ1n) is 29.5. The molecule has 5 heteroatoms. The zero-order valence-corrected chi connectivity index (χ0v) is 43.7. The molecule has 1 amide bonds. The van der Waals surface area contributed by atoms with Crippen molar-refractivity contribution in [3.05, 3.63) is 12.2 Å². The molecule has 0 aliphatic carbocycles. The summed E-state index contributed by atoms with van der Waals surface area (Å²) in [5.74, 6) is -0.137. The van der Waals surface area contributed by atoms with Gasteiger partial charge in [-0.15, -0.1) is 0 Å². The summed E-state index contributed by atoms with van der Waals surface area (Å²) in [5.41, 5.74) is 0. The minimum absolute atomic E-state index is 0.137. The van der Waals surface area contributed by atoms with Crippen LogP contribution in [0.15, 0.2) is 12.2 Å². The van der Waals surface area contributed by atoms with Crippen LogP contribution in [0.4, 0.5) is 0 Å². The number of carbonyl (C=O) groups is 1. The summed E-state index contributed by atoms with van der Waals surface area (Å²) in [4.78, 5) is 12.5. The predicted molar refractivity (Wildman–Crippen MR) is 282 cm³/mol. The molecule has 0 saturated heterocycles. The quantitative estimate of drug-likeness (QED) is 0.0362. The molecule has 0 rings (SSSR count). The van der Waals surface area contributed by atoms with E-state index in [1.807, 2.05) is 0 Å². The zero-order valence-electron chi connectivity index (χ0n) is 43.7. The summed E-state index contributed by atoms with van der Waals surface area (Å²) in [5, 5.41) is 33.8. The lowest BCUT2D eigenvalue weighted by Gasteiger charge is -2.26. The van der Waals surface area contributed by atoms with E-state index in [4.69, 9.17) is 0 Å².